The number of carboxylic acid groups (broad SMARTS) is 1. The summed E-state index contributed by atoms with van der Waals surface area (Å²) in [6.45, 7) is 3.07. The second-order valence-electron chi connectivity index (χ2n) is 5.30. The Kier molecular flexibility index (Phi) is 8.04. The lowest BCUT2D eigenvalue weighted by molar-refractivity contribution is 0.0697. The summed E-state index contributed by atoms with van der Waals surface area (Å²) < 4.78 is 0. The summed E-state index contributed by atoms with van der Waals surface area (Å²) in [6, 6.07) is 4.96. The van der Waals surface area contributed by atoms with Crippen LogP contribution in [0.4, 0.5) is 5.69 Å². The predicted octanol–water partition coefficient (Wildman–Crippen LogP) is 4.53. The first-order valence-electron chi connectivity index (χ1n) is 7.76. The lowest BCUT2D eigenvalue weighted by atomic mass is 10.1. The smallest absolute Gasteiger partial charge is 0.335 e. The molecule has 0 amide bonds. The van der Waals surface area contributed by atoms with Gasteiger partial charge in [0.2, 0.25) is 0 Å². The zero-order valence-electron chi connectivity index (χ0n) is 12.8. The van der Waals surface area contributed by atoms with Crippen molar-refractivity contribution in [2.75, 3.05) is 11.9 Å². The number of hydrogen-bond acceptors (Lipinski definition) is 2. The number of hydrogen-bond donors (Lipinski definition) is 2. The van der Waals surface area contributed by atoms with Crippen LogP contribution in [-0.2, 0) is 0 Å². The number of terminal acetylenes is 1. The fourth-order valence-electron chi connectivity index (χ4n) is 2.25. The molecule has 3 heteroatoms. The van der Waals surface area contributed by atoms with Crippen LogP contribution in [0.15, 0.2) is 18.2 Å². The number of aromatic carboxylic acids is 1. The number of benzene rings is 1. The molecule has 0 atom stereocenters. The van der Waals surface area contributed by atoms with Crippen molar-refractivity contribution in [2.24, 2.45) is 0 Å². The van der Waals surface area contributed by atoms with Crippen molar-refractivity contribution in [3.8, 4) is 12.3 Å². The standard InChI is InChI=1S/C18H25NO2/c1-3-5-6-7-8-9-10-11-19-17-13-15(4-2)12-16(14-17)18(20)21/h2,12-14,19H,3,5-11H2,1H3,(H,20,21). The first-order valence-corrected chi connectivity index (χ1v) is 7.76. The van der Waals surface area contributed by atoms with Crippen LogP contribution in [0.2, 0.25) is 0 Å². The minimum atomic E-state index is -0.953. The quantitative estimate of drug-likeness (QED) is 0.491. The molecule has 0 spiro atoms. The summed E-state index contributed by atoms with van der Waals surface area (Å²) in [5.74, 6) is 1.54. The number of carboxylic acids is 1. The third-order valence-electron chi connectivity index (χ3n) is 3.46. The fraction of sp³-hybridized carbons (Fsp3) is 0.500. The minimum Gasteiger partial charge on any atom is -0.478 e. The summed E-state index contributed by atoms with van der Waals surface area (Å²) in [7, 11) is 0. The van der Waals surface area contributed by atoms with Gasteiger partial charge in [-0.25, -0.2) is 4.79 Å². The lowest BCUT2D eigenvalue weighted by Crippen LogP contribution is -2.04. The van der Waals surface area contributed by atoms with E-state index in [-0.39, 0.29) is 5.56 Å². The van der Waals surface area contributed by atoms with E-state index in [4.69, 9.17) is 11.5 Å². The van der Waals surface area contributed by atoms with E-state index in [1.54, 1.807) is 6.07 Å². The summed E-state index contributed by atoms with van der Waals surface area (Å²) in [5.41, 5.74) is 1.61. The first-order chi connectivity index (χ1) is 10.2. The first kappa shape index (κ1) is 17.1. The van der Waals surface area contributed by atoms with Gasteiger partial charge in [-0.1, -0.05) is 51.4 Å². The summed E-state index contributed by atoms with van der Waals surface area (Å²) in [4.78, 5) is 11.0. The topological polar surface area (TPSA) is 49.3 Å². The molecule has 114 valence electrons. The summed E-state index contributed by atoms with van der Waals surface area (Å²) >= 11 is 0. The van der Waals surface area contributed by atoms with Gasteiger partial charge in [-0.3, -0.25) is 0 Å². The maximum absolute atomic E-state index is 11.0. The van der Waals surface area contributed by atoms with Gasteiger partial charge < -0.3 is 10.4 Å². The molecule has 0 bridgehead atoms. The van der Waals surface area contributed by atoms with Crippen LogP contribution in [0.3, 0.4) is 0 Å². The second-order valence-corrected chi connectivity index (χ2v) is 5.30. The van der Waals surface area contributed by atoms with Crippen LogP contribution < -0.4 is 5.32 Å². The van der Waals surface area contributed by atoms with E-state index in [0.717, 1.165) is 18.7 Å². The molecule has 1 aromatic carbocycles. The average Bonchev–Trinajstić information content (AvgIpc) is 2.49. The highest BCUT2D eigenvalue weighted by Crippen LogP contribution is 2.15. The molecule has 0 saturated carbocycles. The molecule has 0 saturated heterocycles. The molecule has 0 aliphatic carbocycles. The van der Waals surface area contributed by atoms with Crippen molar-refractivity contribution in [2.45, 2.75) is 51.9 Å². The van der Waals surface area contributed by atoms with Crippen molar-refractivity contribution in [1.82, 2.24) is 0 Å². The molecular weight excluding hydrogens is 262 g/mol. The Balaban J connectivity index is 2.33. The average molecular weight is 287 g/mol. The number of nitrogens with one attached hydrogen (secondary N) is 1. The van der Waals surface area contributed by atoms with Gasteiger partial charge in [-0.05, 0) is 24.6 Å². The maximum atomic E-state index is 11.0. The van der Waals surface area contributed by atoms with E-state index in [1.165, 1.54) is 44.6 Å². The van der Waals surface area contributed by atoms with Crippen LogP contribution >= 0.6 is 0 Å². The van der Waals surface area contributed by atoms with E-state index >= 15 is 0 Å². The molecule has 1 aromatic rings. The van der Waals surface area contributed by atoms with Gasteiger partial charge in [0.25, 0.3) is 0 Å². The Morgan fingerprint density at radius 3 is 2.43 bits per heavy atom. The molecule has 21 heavy (non-hydrogen) atoms. The molecule has 0 unspecified atom stereocenters. The lowest BCUT2D eigenvalue weighted by Gasteiger charge is -2.08. The molecular formula is C18H25NO2. The van der Waals surface area contributed by atoms with E-state index in [2.05, 4.69) is 18.2 Å². The number of anilines is 1. The zero-order valence-corrected chi connectivity index (χ0v) is 12.8. The van der Waals surface area contributed by atoms with Crippen LogP contribution in [0.1, 0.15) is 67.8 Å². The molecule has 0 aliphatic heterocycles. The molecule has 1 rings (SSSR count). The van der Waals surface area contributed by atoms with Crippen LogP contribution in [0.5, 0.6) is 0 Å². The van der Waals surface area contributed by atoms with Crippen LogP contribution in [-0.4, -0.2) is 17.6 Å². The predicted molar refractivity (Wildman–Crippen MR) is 87.8 cm³/mol. The Hall–Kier alpha value is -1.95. The second kappa shape index (κ2) is 9.88. The largest absolute Gasteiger partial charge is 0.478 e. The van der Waals surface area contributed by atoms with Crippen molar-refractivity contribution in [1.29, 1.82) is 0 Å². The third kappa shape index (κ3) is 6.85. The highest BCUT2D eigenvalue weighted by molar-refractivity contribution is 5.89. The van der Waals surface area contributed by atoms with Crippen molar-refractivity contribution in [3.05, 3.63) is 29.3 Å². The zero-order chi connectivity index (χ0) is 15.5. The normalized spacial score (nSPS) is 10.1. The van der Waals surface area contributed by atoms with Gasteiger partial charge in [0.1, 0.15) is 0 Å². The molecule has 0 radical (unpaired) electrons. The summed E-state index contributed by atoms with van der Waals surface area (Å²) in [5, 5.41) is 12.3. The van der Waals surface area contributed by atoms with E-state index < -0.39 is 5.97 Å². The number of rotatable bonds is 10. The van der Waals surface area contributed by atoms with Crippen molar-refractivity contribution >= 4 is 11.7 Å². The van der Waals surface area contributed by atoms with Crippen molar-refractivity contribution in [3.63, 3.8) is 0 Å². The van der Waals surface area contributed by atoms with Crippen LogP contribution in [0.25, 0.3) is 0 Å². The number of unbranched alkanes of at least 4 members (excludes halogenated alkanes) is 6. The van der Waals surface area contributed by atoms with Crippen molar-refractivity contribution < 1.29 is 9.90 Å². The molecule has 0 aromatic heterocycles. The van der Waals surface area contributed by atoms with Gasteiger partial charge in [0.05, 0.1) is 5.56 Å². The Labute approximate surface area is 127 Å². The third-order valence-corrected chi connectivity index (χ3v) is 3.46. The molecule has 3 nitrogen and oxygen atoms in total. The van der Waals surface area contributed by atoms with E-state index in [9.17, 15) is 4.79 Å². The summed E-state index contributed by atoms with van der Waals surface area (Å²) in [6.07, 6.45) is 14.2. The highest BCUT2D eigenvalue weighted by Gasteiger charge is 2.05. The Bertz CT molecular complexity index is 488. The van der Waals surface area contributed by atoms with Gasteiger partial charge in [0, 0.05) is 17.8 Å². The fourth-order valence-corrected chi connectivity index (χ4v) is 2.25. The molecule has 0 fully saturated rings. The SMILES string of the molecule is C#Cc1cc(NCCCCCCCCC)cc(C(=O)O)c1. The monoisotopic (exact) mass is 287 g/mol. The number of carbonyl (C=O) groups is 1. The maximum Gasteiger partial charge on any atom is 0.335 e. The molecule has 0 heterocycles. The van der Waals surface area contributed by atoms with Gasteiger partial charge >= 0.3 is 5.97 Å². The van der Waals surface area contributed by atoms with Gasteiger partial charge in [0.15, 0.2) is 0 Å². The minimum absolute atomic E-state index is 0.229. The van der Waals surface area contributed by atoms with E-state index in [0.29, 0.717) is 5.56 Å². The Morgan fingerprint density at radius 2 is 1.81 bits per heavy atom. The molecule has 0 aliphatic rings. The molecule has 2 N–H and O–H groups in total. The Morgan fingerprint density at radius 1 is 1.14 bits per heavy atom. The van der Waals surface area contributed by atoms with Crippen LogP contribution in [0, 0.1) is 12.3 Å². The van der Waals surface area contributed by atoms with E-state index in [1.807, 2.05) is 6.07 Å². The van der Waals surface area contributed by atoms with Gasteiger partial charge in [-0.2, -0.15) is 0 Å². The highest BCUT2D eigenvalue weighted by atomic mass is 16.4. The van der Waals surface area contributed by atoms with Gasteiger partial charge in [-0.15, -0.1) is 6.42 Å².